The summed E-state index contributed by atoms with van der Waals surface area (Å²) in [5.41, 5.74) is 4.25. The van der Waals surface area contributed by atoms with Gasteiger partial charge in [-0.25, -0.2) is 4.99 Å². The van der Waals surface area contributed by atoms with E-state index in [-0.39, 0.29) is 5.91 Å². The number of hydrogen-bond acceptors (Lipinski definition) is 2. The molecule has 1 aliphatic heterocycles. The molecule has 4 aromatic carbocycles. The van der Waals surface area contributed by atoms with Crippen molar-refractivity contribution in [1.29, 1.82) is 0 Å². The van der Waals surface area contributed by atoms with Gasteiger partial charge in [-0.1, -0.05) is 84.9 Å². The van der Waals surface area contributed by atoms with Crippen molar-refractivity contribution >= 4 is 34.3 Å². The second-order valence-electron chi connectivity index (χ2n) is 7.38. The minimum absolute atomic E-state index is 0.118. The molecule has 3 heteroatoms. The average molecular weight is 388 g/mol. The van der Waals surface area contributed by atoms with Crippen LogP contribution < -0.4 is 4.90 Å². The minimum Gasteiger partial charge on any atom is -0.266 e. The Morgan fingerprint density at radius 2 is 1.53 bits per heavy atom. The highest BCUT2D eigenvalue weighted by molar-refractivity contribution is 6.33. The lowest BCUT2D eigenvalue weighted by atomic mass is 10.0. The Hall–Kier alpha value is -3.98. The van der Waals surface area contributed by atoms with Crippen LogP contribution in [0.5, 0.6) is 0 Å². The zero-order chi connectivity index (χ0) is 20.5. The second kappa shape index (κ2) is 7.45. The van der Waals surface area contributed by atoms with Crippen molar-refractivity contribution in [2.24, 2.45) is 4.99 Å². The molecular weight excluding hydrogens is 368 g/mol. The molecule has 1 heterocycles. The fraction of sp³-hybridized carbons (Fsp3) is 0.0370. The first-order valence-corrected chi connectivity index (χ1v) is 9.95. The molecule has 144 valence electrons. The Labute approximate surface area is 175 Å². The normalized spacial score (nSPS) is 15.1. The molecule has 0 aliphatic carbocycles. The molecule has 3 nitrogen and oxygen atoms in total. The van der Waals surface area contributed by atoms with Crippen molar-refractivity contribution in [2.75, 3.05) is 4.90 Å². The fourth-order valence-electron chi connectivity index (χ4n) is 3.83. The number of hydrogen-bond donors (Lipinski definition) is 0. The summed E-state index contributed by atoms with van der Waals surface area (Å²) in [6.07, 6.45) is 1.89. The van der Waals surface area contributed by atoms with E-state index in [1.54, 1.807) is 4.90 Å². The molecule has 5 rings (SSSR count). The highest BCUT2D eigenvalue weighted by Crippen LogP contribution is 2.29. The van der Waals surface area contributed by atoms with Crippen molar-refractivity contribution < 1.29 is 4.79 Å². The van der Waals surface area contributed by atoms with Crippen molar-refractivity contribution in [3.05, 3.63) is 119 Å². The van der Waals surface area contributed by atoms with E-state index >= 15 is 0 Å². The Kier molecular flexibility index (Phi) is 4.49. The quantitative estimate of drug-likeness (QED) is 0.397. The molecule has 0 bridgehead atoms. The van der Waals surface area contributed by atoms with Crippen LogP contribution in [0.3, 0.4) is 0 Å². The maximum absolute atomic E-state index is 13.5. The summed E-state index contributed by atoms with van der Waals surface area (Å²) in [5, 5.41) is 2.24. The lowest BCUT2D eigenvalue weighted by molar-refractivity contribution is -0.113. The number of carbonyl (C=O) groups excluding carboxylic acids is 1. The number of anilines is 1. The Bertz CT molecular complexity index is 1310. The van der Waals surface area contributed by atoms with Gasteiger partial charge in [0.1, 0.15) is 11.5 Å². The van der Waals surface area contributed by atoms with Crippen LogP contribution in [0.1, 0.15) is 16.7 Å². The largest absolute Gasteiger partial charge is 0.282 e. The third-order valence-corrected chi connectivity index (χ3v) is 5.27. The fourth-order valence-corrected chi connectivity index (χ4v) is 3.83. The Balaban J connectivity index is 1.67. The van der Waals surface area contributed by atoms with Gasteiger partial charge in [0.15, 0.2) is 0 Å². The van der Waals surface area contributed by atoms with Crippen LogP contribution in [0.4, 0.5) is 5.69 Å². The van der Waals surface area contributed by atoms with Crippen molar-refractivity contribution in [3.8, 4) is 0 Å². The number of amides is 1. The second-order valence-corrected chi connectivity index (χ2v) is 7.38. The van der Waals surface area contributed by atoms with Crippen molar-refractivity contribution in [2.45, 2.75) is 6.92 Å². The highest BCUT2D eigenvalue weighted by atomic mass is 16.2. The van der Waals surface area contributed by atoms with Gasteiger partial charge in [-0.05, 0) is 47.0 Å². The van der Waals surface area contributed by atoms with Gasteiger partial charge < -0.3 is 0 Å². The number of fused-ring (bicyclic) bond motifs is 1. The van der Waals surface area contributed by atoms with Crippen LogP contribution in [-0.4, -0.2) is 11.7 Å². The summed E-state index contributed by atoms with van der Waals surface area (Å²) in [6.45, 7) is 2.02. The molecule has 1 amide bonds. The van der Waals surface area contributed by atoms with E-state index in [0.29, 0.717) is 11.5 Å². The molecule has 0 radical (unpaired) electrons. The number of amidine groups is 1. The van der Waals surface area contributed by atoms with Gasteiger partial charge in [-0.3, -0.25) is 9.69 Å². The molecule has 0 N–H and O–H groups in total. The third-order valence-electron chi connectivity index (χ3n) is 5.27. The van der Waals surface area contributed by atoms with Crippen LogP contribution in [0.2, 0.25) is 0 Å². The van der Waals surface area contributed by atoms with Crippen LogP contribution in [0.25, 0.3) is 16.8 Å². The zero-order valence-electron chi connectivity index (χ0n) is 16.6. The third kappa shape index (κ3) is 3.20. The molecule has 0 saturated heterocycles. The predicted octanol–water partition coefficient (Wildman–Crippen LogP) is 5.98. The topological polar surface area (TPSA) is 32.7 Å². The van der Waals surface area contributed by atoms with Gasteiger partial charge in [-0.2, -0.15) is 0 Å². The minimum atomic E-state index is -0.118. The maximum Gasteiger partial charge on any atom is 0.282 e. The molecule has 0 aromatic heterocycles. The molecule has 0 saturated carbocycles. The average Bonchev–Trinajstić information content (AvgIpc) is 3.11. The number of nitrogens with zero attached hydrogens (tertiary/aromatic N) is 2. The number of carbonyl (C=O) groups is 1. The van der Waals surface area contributed by atoms with Gasteiger partial charge in [0, 0.05) is 5.56 Å². The number of aryl methyl sites for hydroxylation is 1. The first kappa shape index (κ1) is 18.1. The highest BCUT2D eigenvalue weighted by Gasteiger charge is 2.32. The molecular formula is C27H20N2O. The molecule has 30 heavy (non-hydrogen) atoms. The molecule has 0 atom stereocenters. The van der Waals surface area contributed by atoms with Crippen LogP contribution in [0.15, 0.2) is 108 Å². The van der Waals surface area contributed by atoms with E-state index in [9.17, 15) is 4.79 Å². The van der Waals surface area contributed by atoms with Crippen LogP contribution in [0, 0.1) is 6.92 Å². The summed E-state index contributed by atoms with van der Waals surface area (Å²) < 4.78 is 0. The van der Waals surface area contributed by atoms with E-state index in [0.717, 1.165) is 33.2 Å². The van der Waals surface area contributed by atoms with Gasteiger partial charge in [0.05, 0.1) is 5.69 Å². The summed E-state index contributed by atoms with van der Waals surface area (Å²) in [6, 6.07) is 32.1. The Morgan fingerprint density at radius 3 is 2.37 bits per heavy atom. The monoisotopic (exact) mass is 388 g/mol. The van der Waals surface area contributed by atoms with Gasteiger partial charge >= 0.3 is 0 Å². The van der Waals surface area contributed by atoms with Crippen LogP contribution in [-0.2, 0) is 4.79 Å². The number of aliphatic imine (C=N–C) groups is 1. The van der Waals surface area contributed by atoms with E-state index in [1.807, 2.05) is 91.9 Å². The first-order valence-electron chi connectivity index (χ1n) is 9.95. The standard InChI is InChI=1S/C27H20N2O/c1-19-9-7-15-23(17-19)29-26(21-11-3-2-4-12-21)28-25(27(29)30)18-22-14-8-13-20-10-5-6-16-24(20)22/h2-18H,1H3/b25-18+. The smallest absolute Gasteiger partial charge is 0.266 e. The molecule has 0 fully saturated rings. The summed E-state index contributed by atoms with van der Waals surface area (Å²) in [7, 11) is 0. The number of benzene rings is 4. The Morgan fingerprint density at radius 1 is 0.800 bits per heavy atom. The van der Waals surface area contributed by atoms with E-state index in [4.69, 9.17) is 4.99 Å². The van der Waals surface area contributed by atoms with E-state index in [2.05, 4.69) is 18.2 Å². The SMILES string of the molecule is Cc1cccc(N2C(=O)/C(=C\c3cccc4ccccc34)N=C2c2ccccc2)c1. The number of rotatable bonds is 3. The van der Waals surface area contributed by atoms with Gasteiger partial charge in [0.2, 0.25) is 0 Å². The lowest BCUT2D eigenvalue weighted by Gasteiger charge is -2.19. The van der Waals surface area contributed by atoms with E-state index < -0.39 is 0 Å². The van der Waals surface area contributed by atoms with Crippen molar-refractivity contribution in [3.63, 3.8) is 0 Å². The van der Waals surface area contributed by atoms with Gasteiger partial charge in [-0.15, -0.1) is 0 Å². The predicted molar refractivity (Wildman–Crippen MR) is 124 cm³/mol. The summed E-state index contributed by atoms with van der Waals surface area (Å²) in [4.78, 5) is 20.0. The first-order chi connectivity index (χ1) is 14.7. The van der Waals surface area contributed by atoms with Crippen LogP contribution >= 0.6 is 0 Å². The lowest BCUT2D eigenvalue weighted by Crippen LogP contribution is -2.32. The van der Waals surface area contributed by atoms with Crippen molar-refractivity contribution in [1.82, 2.24) is 0 Å². The molecule has 1 aliphatic rings. The summed E-state index contributed by atoms with van der Waals surface area (Å²) in [5.74, 6) is 0.532. The maximum atomic E-state index is 13.5. The van der Waals surface area contributed by atoms with Gasteiger partial charge in [0.25, 0.3) is 5.91 Å². The molecule has 0 unspecified atom stereocenters. The van der Waals surface area contributed by atoms with E-state index in [1.165, 1.54) is 0 Å². The summed E-state index contributed by atoms with van der Waals surface area (Å²) >= 11 is 0. The zero-order valence-corrected chi connectivity index (χ0v) is 16.6. The molecule has 4 aromatic rings. The molecule has 0 spiro atoms.